The molecule has 0 aliphatic heterocycles. The third-order valence-corrected chi connectivity index (χ3v) is 6.87. The summed E-state index contributed by atoms with van der Waals surface area (Å²) in [4.78, 5) is 21.8. The standard InChI is InChI=1S/C19H21FN6O5S2/c1-26(9-10-30-2)33(28,29)15-5-3-13(4-6-15)17(25-31-12-14-7-8-22-24-14)18(27)23-19-21-11-16(20)32-19/h3-8,11H,9-10,12H2,1-2H3,(H,22,24)(H,21,23,27)/b25-17+. The van der Waals surface area contributed by atoms with Crippen molar-refractivity contribution in [3.8, 4) is 0 Å². The van der Waals surface area contributed by atoms with Crippen molar-refractivity contribution >= 4 is 38.1 Å². The van der Waals surface area contributed by atoms with Gasteiger partial charge < -0.3 is 9.57 Å². The van der Waals surface area contributed by atoms with Gasteiger partial charge in [0.25, 0.3) is 5.91 Å². The maximum absolute atomic E-state index is 13.2. The first-order chi connectivity index (χ1) is 15.8. The van der Waals surface area contributed by atoms with Crippen LogP contribution in [0.2, 0.25) is 0 Å². The zero-order chi connectivity index (χ0) is 23.8. The van der Waals surface area contributed by atoms with Crippen LogP contribution in [0.15, 0.2) is 52.8 Å². The number of H-pyrrole nitrogens is 1. The Morgan fingerprint density at radius 3 is 2.67 bits per heavy atom. The fourth-order valence-corrected chi connectivity index (χ4v) is 4.22. The van der Waals surface area contributed by atoms with E-state index in [0.29, 0.717) is 17.0 Å². The van der Waals surface area contributed by atoms with Crippen LogP contribution >= 0.6 is 11.3 Å². The quantitative estimate of drug-likeness (QED) is 0.305. The Morgan fingerprint density at radius 1 is 1.30 bits per heavy atom. The molecule has 0 aliphatic carbocycles. The van der Waals surface area contributed by atoms with Crippen LogP contribution in [0.4, 0.5) is 9.52 Å². The summed E-state index contributed by atoms with van der Waals surface area (Å²) in [6.45, 7) is 0.441. The minimum atomic E-state index is -3.75. The smallest absolute Gasteiger partial charge is 0.280 e. The minimum Gasteiger partial charge on any atom is -0.389 e. The number of rotatable bonds is 11. The Morgan fingerprint density at radius 2 is 2.06 bits per heavy atom. The number of sulfonamides is 1. The summed E-state index contributed by atoms with van der Waals surface area (Å²) in [5.41, 5.74) is 0.760. The molecule has 3 aromatic rings. The molecule has 1 amide bonds. The summed E-state index contributed by atoms with van der Waals surface area (Å²) in [5.74, 6) is -0.707. The van der Waals surface area contributed by atoms with Gasteiger partial charge in [-0.3, -0.25) is 15.2 Å². The number of amides is 1. The van der Waals surface area contributed by atoms with E-state index in [2.05, 4.69) is 25.7 Å². The average molecular weight is 497 g/mol. The Labute approximate surface area is 193 Å². The molecular weight excluding hydrogens is 475 g/mol. The molecule has 3 rings (SSSR count). The minimum absolute atomic E-state index is 0.0133. The molecule has 0 atom stereocenters. The van der Waals surface area contributed by atoms with Crippen LogP contribution in [-0.2, 0) is 31.0 Å². The van der Waals surface area contributed by atoms with E-state index >= 15 is 0 Å². The fraction of sp³-hybridized carbons (Fsp3) is 0.263. The number of nitrogens with one attached hydrogen (secondary N) is 2. The molecule has 0 aliphatic rings. The topological polar surface area (TPSA) is 139 Å². The highest BCUT2D eigenvalue weighted by Gasteiger charge is 2.22. The monoisotopic (exact) mass is 496 g/mol. The van der Waals surface area contributed by atoms with Crippen LogP contribution < -0.4 is 5.32 Å². The number of hydrogen-bond donors (Lipinski definition) is 2. The highest BCUT2D eigenvalue weighted by atomic mass is 32.2. The SMILES string of the molecule is COCCN(C)S(=O)(=O)c1ccc(/C(=N\OCc2ccn[nH]2)C(=O)Nc2ncc(F)s2)cc1. The van der Waals surface area contributed by atoms with E-state index in [1.165, 1.54) is 44.6 Å². The molecule has 2 N–H and O–H groups in total. The number of likely N-dealkylation sites (N-methyl/N-ethyl adjacent to an activating group) is 1. The number of ether oxygens (including phenoxy) is 1. The van der Waals surface area contributed by atoms with Crippen molar-refractivity contribution in [2.24, 2.45) is 5.16 Å². The van der Waals surface area contributed by atoms with Crippen LogP contribution in [0.25, 0.3) is 0 Å². The van der Waals surface area contributed by atoms with E-state index in [1.54, 1.807) is 6.07 Å². The Hall–Kier alpha value is -3.20. The first-order valence-corrected chi connectivity index (χ1v) is 11.7. The van der Waals surface area contributed by atoms with Crippen molar-refractivity contribution in [2.75, 3.05) is 32.6 Å². The lowest BCUT2D eigenvalue weighted by molar-refractivity contribution is -0.110. The van der Waals surface area contributed by atoms with Crippen molar-refractivity contribution in [3.05, 3.63) is 59.1 Å². The maximum Gasteiger partial charge on any atom is 0.280 e. The molecule has 176 valence electrons. The molecule has 0 radical (unpaired) electrons. The number of anilines is 1. The first kappa shape index (κ1) is 24.4. The van der Waals surface area contributed by atoms with Gasteiger partial charge in [0.05, 0.1) is 23.4 Å². The molecule has 1 aromatic carbocycles. The Balaban J connectivity index is 1.83. The van der Waals surface area contributed by atoms with E-state index in [-0.39, 0.29) is 41.1 Å². The second-order valence-corrected chi connectivity index (χ2v) is 9.59. The number of oxime groups is 1. The van der Waals surface area contributed by atoms with Gasteiger partial charge in [-0.05, 0) is 18.2 Å². The van der Waals surface area contributed by atoms with Crippen LogP contribution in [0.5, 0.6) is 0 Å². The molecule has 0 saturated carbocycles. The number of carbonyl (C=O) groups is 1. The van der Waals surface area contributed by atoms with Gasteiger partial charge in [0.1, 0.15) is 0 Å². The lowest BCUT2D eigenvalue weighted by Gasteiger charge is -2.17. The van der Waals surface area contributed by atoms with Gasteiger partial charge in [-0.1, -0.05) is 28.6 Å². The molecule has 33 heavy (non-hydrogen) atoms. The van der Waals surface area contributed by atoms with E-state index in [4.69, 9.17) is 9.57 Å². The van der Waals surface area contributed by atoms with Gasteiger partial charge in [-0.15, -0.1) is 0 Å². The van der Waals surface area contributed by atoms with Crippen molar-refractivity contribution in [1.82, 2.24) is 19.5 Å². The number of halogens is 1. The predicted molar refractivity (Wildman–Crippen MR) is 119 cm³/mol. The number of carbonyl (C=O) groups excluding carboxylic acids is 1. The van der Waals surface area contributed by atoms with Crippen molar-refractivity contribution in [1.29, 1.82) is 0 Å². The summed E-state index contributed by atoms with van der Waals surface area (Å²) < 4.78 is 44.7. The molecule has 0 fully saturated rings. The second kappa shape index (κ2) is 11.1. The molecule has 0 spiro atoms. The van der Waals surface area contributed by atoms with Gasteiger partial charge in [0.2, 0.25) is 10.0 Å². The molecule has 2 aromatic heterocycles. The number of thiazole rings is 1. The maximum atomic E-state index is 13.2. The average Bonchev–Trinajstić information content (AvgIpc) is 3.46. The van der Waals surface area contributed by atoms with E-state index in [0.717, 1.165) is 10.5 Å². The number of hydrogen-bond acceptors (Lipinski definition) is 9. The number of methoxy groups -OCH3 is 1. The lowest BCUT2D eigenvalue weighted by Crippen LogP contribution is -2.30. The largest absolute Gasteiger partial charge is 0.389 e. The van der Waals surface area contributed by atoms with Crippen molar-refractivity contribution < 1.29 is 27.2 Å². The molecular formula is C19H21FN6O5S2. The highest BCUT2D eigenvalue weighted by Crippen LogP contribution is 2.18. The normalized spacial score (nSPS) is 12.2. The predicted octanol–water partition coefficient (Wildman–Crippen LogP) is 1.83. The summed E-state index contributed by atoms with van der Waals surface area (Å²) in [6.07, 6.45) is 2.52. The van der Waals surface area contributed by atoms with Gasteiger partial charge in [-0.25, -0.2) is 13.4 Å². The zero-order valence-electron chi connectivity index (χ0n) is 17.7. The highest BCUT2D eigenvalue weighted by molar-refractivity contribution is 7.89. The van der Waals surface area contributed by atoms with Crippen LogP contribution in [0.1, 0.15) is 11.3 Å². The molecule has 0 unspecified atom stereocenters. The van der Waals surface area contributed by atoms with E-state index in [9.17, 15) is 17.6 Å². The van der Waals surface area contributed by atoms with Gasteiger partial charge in [-0.2, -0.15) is 13.8 Å². The van der Waals surface area contributed by atoms with Gasteiger partial charge >= 0.3 is 0 Å². The van der Waals surface area contributed by atoms with Crippen LogP contribution in [0.3, 0.4) is 0 Å². The van der Waals surface area contributed by atoms with Crippen molar-refractivity contribution in [3.63, 3.8) is 0 Å². The molecule has 0 bridgehead atoms. The molecule has 2 heterocycles. The number of nitrogens with zero attached hydrogens (tertiary/aromatic N) is 4. The van der Waals surface area contributed by atoms with E-state index in [1.807, 2.05) is 0 Å². The third-order valence-electron chi connectivity index (χ3n) is 4.29. The summed E-state index contributed by atoms with van der Waals surface area (Å²) in [7, 11) is -0.820. The fourth-order valence-electron chi connectivity index (χ4n) is 2.53. The lowest BCUT2D eigenvalue weighted by atomic mass is 10.1. The molecule has 11 nitrogen and oxygen atoms in total. The number of aromatic amines is 1. The summed E-state index contributed by atoms with van der Waals surface area (Å²) >= 11 is 0.652. The summed E-state index contributed by atoms with van der Waals surface area (Å²) in [5, 5.41) is 12.3. The first-order valence-electron chi connectivity index (χ1n) is 9.48. The number of aromatic nitrogens is 3. The van der Waals surface area contributed by atoms with Crippen LogP contribution in [-0.4, -0.2) is 66.8 Å². The Bertz CT molecular complexity index is 1200. The zero-order valence-corrected chi connectivity index (χ0v) is 19.3. The van der Waals surface area contributed by atoms with Crippen LogP contribution in [0, 0.1) is 5.13 Å². The molecule has 14 heteroatoms. The van der Waals surface area contributed by atoms with Gasteiger partial charge in [0.15, 0.2) is 22.6 Å². The summed E-state index contributed by atoms with van der Waals surface area (Å²) in [6, 6.07) is 7.24. The molecule has 0 saturated heterocycles. The second-order valence-electron chi connectivity index (χ2n) is 6.56. The van der Waals surface area contributed by atoms with Gasteiger partial charge in [0, 0.05) is 32.5 Å². The van der Waals surface area contributed by atoms with Crippen molar-refractivity contribution in [2.45, 2.75) is 11.5 Å². The van der Waals surface area contributed by atoms with E-state index < -0.39 is 21.1 Å². The Kier molecular flexibility index (Phi) is 8.21. The number of benzene rings is 1. The third kappa shape index (κ3) is 6.41.